The van der Waals surface area contributed by atoms with E-state index < -0.39 is 28.5 Å². The average Bonchev–Trinajstić information content (AvgIpc) is 2.39. The van der Waals surface area contributed by atoms with Gasteiger partial charge in [0.15, 0.2) is 0 Å². The maximum absolute atomic E-state index is 13.6. The van der Waals surface area contributed by atoms with Gasteiger partial charge in [-0.15, -0.1) is 0 Å². The summed E-state index contributed by atoms with van der Waals surface area (Å²) in [5.41, 5.74) is 0.109. The second-order valence-corrected chi connectivity index (χ2v) is 6.90. The van der Waals surface area contributed by atoms with Crippen LogP contribution in [0.3, 0.4) is 0 Å². The Morgan fingerprint density at radius 1 is 1.40 bits per heavy atom. The van der Waals surface area contributed by atoms with Gasteiger partial charge in [0.05, 0.1) is 6.10 Å². The molecule has 1 aliphatic heterocycles. The van der Waals surface area contributed by atoms with Crippen LogP contribution < -0.4 is 0 Å². The molecule has 1 atom stereocenters. The summed E-state index contributed by atoms with van der Waals surface area (Å²) in [6.45, 7) is 0.278. The molecule has 0 bridgehead atoms. The molecule has 0 amide bonds. The summed E-state index contributed by atoms with van der Waals surface area (Å²) in [6.07, 6.45) is 0.650. The Labute approximate surface area is 120 Å². The van der Waals surface area contributed by atoms with Crippen molar-refractivity contribution in [3.05, 3.63) is 35.4 Å². The van der Waals surface area contributed by atoms with Crippen LogP contribution in [0.1, 0.15) is 24.5 Å². The van der Waals surface area contributed by atoms with Crippen molar-refractivity contribution in [1.29, 1.82) is 0 Å². The number of benzene rings is 1. The molecule has 112 valence electrons. The molecule has 1 aliphatic rings. The first-order valence-corrected chi connectivity index (χ1v) is 8.14. The summed E-state index contributed by atoms with van der Waals surface area (Å²) in [7, 11) is 1.14. The Kier molecular flexibility index (Phi) is 5.23. The summed E-state index contributed by atoms with van der Waals surface area (Å²) < 4.78 is 37.7. The quantitative estimate of drug-likeness (QED) is 0.923. The van der Waals surface area contributed by atoms with E-state index in [0.29, 0.717) is 11.5 Å². The van der Waals surface area contributed by atoms with Crippen LogP contribution in [0.4, 0.5) is 8.78 Å². The molecular formula is C14H19F2NO2S. The van der Waals surface area contributed by atoms with Crippen molar-refractivity contribution in [2.24, 2.45) is 0 Å². The zero-order valence-corrected chi connectivity index (χ0v) is 12.2. The van der Waals surface area contributed by atoms with Crippen LogP contribution in [0, 0.1) is 11.6 Å². The van der Waals surface area contributed by atoms with Gasteiger partial charge in [0.25, 0.3) is 0 Å². The van der Waals surface area contributed by atoms with E-state index in [-0.39, 0.29) is 18.2 Å². The Bertz CT molecular complexity index is 488. The lowest BCUT2D eigenvalue weighted by Crippen LogP contribution is -2.39. The van der Waals surface area contributed by atoms with Crippen LogP contribution in [0.5, 0.6) is 0 Å². The summed E-state index contributed by atoms with van der Waals surface area (Å²) in [4.78, 5) is 1.96. The van der Waals surface area contributed by atoms with Gasteiger partial charge in [-0.2, -0.15) is 0 Å². The van der Waals surface area contributed by atoms with Gasteiger partial charge in [0, 0.05) is 46.5 Å². The first-order chi connectivity index (χ1) is 9.47. The van der Waals surface area contributed by atoms with Crippen molar-refractivity contribution in [2.75, 3.05) is 25.1 Å². The molecule has 0 aromatic heterocycles. The third kappa shape index (κ3) is 3.84. The Balaban J connectivity index is 1.96. The highest BCUT2D eigenvalue weighted by molar-refractivity contribution is 7.85. The topological polar surface area (TPSA) is 40.5 Å². The fraction of sp³-hybridized carbons (Fsp3) is 0.571. The molecule has 0 aliphatic carbocycles. The van der Waals surface area contributed by atoms with Crippen LogP contribution in [0.25, 0.3) is 0 Å². The third-order valence-electron chi connectivity index (χ3n) is 3.76. The normalized spacial score (nSPS) is 24.9. The second kappa shape index (κ2) is 6.74. The van der Waals surface area contributed by atoms with Crippen molar-refractivity contribution >= 4 is 10.8 Å². The fourth-order valence-electron chi connectivity index (χ4n) is 2.51. The molecule has 1 fully saturated rings. The first kappa shape index (κ1) is 15.5. The summed E-state index contributed by atoms with van der Waals surface area (Å²) in [6, 6.07) is 3.46. The van der Waals surface area contributed by atoms with Crippen molar-refractivity contribution in [1.82, 2.24) is 4.90 Å². The molecule has 1 aromatic carbocycles. The molecule has 1 saturated heterocycles. The zero-order chi connectivity index (χ0) is 14.7. The predicted octanol–water partition coefficient (Wildman–Crippen LogP) is 1.84. The van der Waals surface area contributed by atoms with E-state index in [0.717, 1.165) is 25.0 Å². The van der Waals surface area contributed by atoms with E-state index in [2.05, 4.69) is 0 Å². The standard InChI is InChI=1S/C14H19F2NO2S/c1-17(11-4-6-20(19)7-5-11)9-14(18)12-3-2-10(15)8-13(12)16/h2-3,8,11,14,18H,4-7,9H2,1H3. The van der Waals surface area contributed by atoms with Crippen LogP contribution in [-0.4, -0.2) is 45.4 Å². The van der Waals surface area contributed by atoms with Gasteiger partial charge < -0.3 is 10.0 Å². The van der Waals surface area contributed by atoms with E-state index in [1.807, 2.05) is 11.9 Å². The highest BCUT2D eigenvalue weighted by atomic mass is 32.2. The smallest absolute Gasteiger partial charge is 0.131 e. The highest BCUT2D eigenvalue weighted by Crippen LogP contribution is 2.22. The molecule has 20 heavy (non-hydrogen) atoms. The molecule has 1 heterocycles. The first-order valence-electron chi connectivity index (χ1n) is 6.65. The van der Waals surface area contributed by atoms with Gasteiger partial charge in [-0.1, -0.05) is 6.07 Å². The van der Waals surface area contributed by atoms with E-state index in [9.17, 15) is 18.1 Å². The number of likely N-dealkylation sites (N-methyl/N-ethyl adjacent to an activating group) is 1. The van der Waals surface area contributed by atoms with Crippen LogP contribution >= 0.6 is 0 Å². The minimum atomic E-state index is -0.993. The Morgan fingerprint density at radius 3 is 2.65 bits per heavy atom. The maximum Gasteiger partial charge on any atom is 0.131 e. The lowest BCUT2D eigenvalue weighted by molar-refractivity contribution is 0.0982. The molecule has 1 unspecified atom stereocenters. The molecule has 3 nitrogen and oxygen atoms in total. The van der Waals surface area contributed by atoms with Gasteiger partial charge in [-0.3, -0.25) is 4.21 Å². The number of nitrogens with zero attached hydrogens (tertiary/aromatic N) is 1. The number of hydrogen-bond donors (Lipinski definition) is 1. The Morgan fingerprint density at radius 2 is 2.05 bits per heavy atom. The molecular weight excluding hydrogens is 284 g/mol. The fourth-order valence-corrected chi connectivity index (χ4v) is 3.79. The van der Waals surface area contributed by atoms with E-state index in [1.54, 1.807) is 0 Å². The number of aliphatic hydroxyl groups is 1. The van der Waals surface area contributed by atoms with Crippen LogP contribution in [0.15, 0.2) is 18.2 Å². The van der Waals surface area contributed by atoms with E-state index in [4.69, 9.17) is 0 Å². The van der Waals surface area contributed by atoms with Crippen molar-refractivity contribution in [3.8, 4) is 0 Å². The molecule has 0 saturated carbocycles. The number of aliphatic hydroxyl groups excluding tert-OH is 1. The van der Waals surface area contributed by atoms with Crippen LogP contribution in [0.2, 0.25) is 0 Å². The predicted molar refractivity (Wildman–Crippen MR) is 74.8 cm³/mol. The Hall–Kier alpha value is -0.850. The molecule has 0 spiro atoms. The lowest BCUT2D eigenvalue weighted by atomic mass is 10.1. The van der Waals surface area contributed by atoms with E-state index >= 15 is 0 Å². The molecule has 0 radical (unpaired) electrons. The maximum atomic E-state index is 13.6. The lowest BCUT2D eigenvalue weighted by Gasteiger charge is -2.32. The second-order valence-electron chi connectivity index (χ2n) is 5.20. The number of halogens is 2. The van der Waals surface area contributed by atoms with Gasteiger partial charge in [0.1, 0.15) is 11.6 Å². The summed E-state index contributed by atoms with van der Waals surface area (Å²) >= 11 is 0. The number of rotatable bonds is 4. The molecule has 1 aromatic rings. The minimum absolute atomic E-state index is 0.109. The largest absolute Gasteiger partial charge is 0.387 e. The van der Waals surface area contributed by atoms with Crippen molar-refractivity contribution < 1.29 is 18.1 Å². The van der Waals surface area contributed by atoms with Crippen LogP contribution in [-0.2, 0) is 10.8 Å². The molecule has 1 N–H and O–H groups in total. The number of hydrogen-bond acceptors (Lipinski definition) is 3. The zero-order valence-electron chi connectivity index (χ0n) is 11.4. The minimum Gasteiger partial charge on any atom is -0.387 e. The van der Waals surface area contributed by atoms with Crippen molar-refractivity contribution in [2.45, 2.75) is 25.0 Å². The summed E-state index contributed by atoms with van der Waals surface area (Å²) in [5, 5.41) is 10.1. The van der Waals surface area contributed by atoms with Gasteiger partial charge in [-0.05, 0) is 26.0 Å². The monoisotopic (exact) mass is 303 g/mol. The molecule has 2 rings (SSSR count). The van der Waals surface area contributed by atoms with Gasteiger partial charge in [-0.25, -0.2) is 8.78 Å². The molecule has 6 heteroatoms. The SMILES string of the molecule is CN(CC(O)c1ccc(F)cc1F)C1CCS(=O)CC1. The highest BCUT2D eigenvalue weighted by Gasteiger charge is 2.24. The van der Waals surface area contributed by atoms with E-state index in [1.165, 1.54) is 6.07 Å². The van der Waals surface area contributed by atoms with Crippen molar-refractivity contribution in [3.63, 3.8) is 0 Å². The summed E-state index contributed by atoms with van der Waals surface area (Å²) in [5.74, 6) is -0.0244. The average molecular weight is 303 g/mol. The third-order valence-corrected chi connectivity index (χ3v) is 5.15. The van der Waals surface area contributed by atoms with Gasteiger partial charge >= 0.3 is 0 Å². The van der Waals surface area contributed by atoms with Gasteiger partial charge in [0.2, 0.25) is 0 Å².